The highest BCUT2D eigenvalue weighted by Gasteiger charge is 2.46. The van der Waals surface area contributed by atoms with Crippen LogP contribution in [0.5, 0.6) is 0 Å². The van der Waals surface area contributed by atoms with Crippen molar-refractivity contribution in [2.75, 3.05) is 31.7 Å². The molecular weight excluding hydrogens is 464 g/mol. The molecule has 0 radical (unpaired) electrons. The number of methoxy groups -OCH3 is 1. The van der Waals surface area contributed by atoms with Crippen LogP contribution in [0.4, 0.5) is 10.5 Å². The first kappa shape index (κ1) is 22.4. The van der Waals surface area contributed by atoms with Gasteiger partial charge in [-0.15, -0.1) is 0 Å². The number of benzene rings is 2. The molecule has 2 aromatic carbocycles. The minimum atomic E-state index is -0.132. The summed E-state index contributed by atoms with van der Waals surface area (Å²) >= 11 is 6.17. The summed E-state index contributed by atoms with van der Waals surface area (Å²) in [6.07, 6.45) is 5.72. The minimum Gasteiger partial charge on any atom is -0.384 e. The summed E-state index contributed by atoms with van der Waals surface area (Å²) in [5.74, 6) is -0.132. The summed E-state index contributed by atoms with van der Waals surface area (Å²) in [5, 5.41) is 4.73. The number of aromatic amines is 1. The zero-order valence-electron chi connectivity index (χ0n) is 19.7. The number of rotatable bonds is 6. The molecule has 35 heavy (non-hydrogen) atoms. The van der Waals surface area contributed by atoms with Gasteiger partial charge in [0.1, 0.15) is 0 Å². The lowest BCUT2D eigenvalue weighted by molar-refractivity contribution is 0.0887. The van der Waals surface area contributed by atoms with Crippen LogP contribution in [-0.2, 0) is 10.2 Å². The molecule has 3 aromatic rings. The molecule has 1 aliphatic carbocycles. The SMILES string of the molecule is COCC1(c2ccc(N3C[C@@H]4[C@H](NC(=O)c5ccc6c(Cl)c[nH]c6c5)CCCN4C3=O)cc2)CC1. The Morgan fingerprint density at radius 2 is 2.03 bits per heavy atom. The molecule has 0 bridgehead atoms. The normalized spacial score (nSPS) is 23.0. The van der Waals surface area contributed by atoms with Crippen molar-refractivity contribution in [1.29, 1.82) is 0 Å². The quantitative estimate of drug-likeness (QED) is 0.523. The summed E-state index contributed by atoms with van der Waals surface area (Å²) in [6, 6.07) is 13.7. The van der Waals surface area contributed by atoms with Gasteiger partial charge in [-0.25, -0.2) is 4.79 Å². The molecule has 3 heterocycles. The number of carbonyl (C=O) groups excluding carboxylic acids is 2. The van der Waals surface area contributed by atoms with E-state index in [4.69, 9.17) is 16.3 Å². The second kappa shape index (κ2) is 8.57. The maximum atomic E-state index is 13.3. The van der Waals surface area contributed by atoms with Crippen molar-refractivity contribution in [3.63, 3.8) is 0 Å². The number of anilines is 1. The number of fused-ring (bicyclic) bond motifs is 2. The lowest BCUT2D eigenvalue weighted by Crippen LogP contribution is -2.54. The lowest BCUT2D eigenvalue weighted by Gasteiger charge is -2.35. The molecule has 1 aromatic heterocycles. The van der Waals surface area contributed by atoms with Gasteiger partial charge in [0.05, 0.1) is 30.3 Å². The molecule has 6 rings (SSSR count). The van der Waals surface area contributed by atoms with Crippen molar-refractivity contribution in [2.45, 2.75) is 43.2 Å². The number of piperidine rings is 1. The largest absolute Gasteiger partial charge is 0.384 e. The highest BCUT2D eigenvalue weighted by Crippen LogP contribution is 2.48. The molecule has 3 amide bonds. The first-order chi connectivity index (χ1) is 17.0. The third-order valence-electron chi connectivity index (χ3n) is 7.90. The fourth-order valence-electron chi connectivity index (χ4n) is 5.75. The van der Waals surface area contributed by atoms with Gasteiger partial charge in [0.25, 0.3) is 5.91 Å². The second-order valence-corrected chi connectivity index (χ2v) is 10.4. The predicted molar refractivity (Wildman–Crippen MR) is 136 cm³/mol. The Morgan fingerprint density at radius 1 is 1.23 bits per heavy atom. The standard InChI is InChI=1S/C27H29ClN4O3/c1-35-16-27(10-11-27)18-5-7-19(8-6-18)32-15-24-22(3-2-12-31(24)26(32)34)30-25(33)17-4-9-20-21(28)14-29-23(20)13-17/h4-9,13-14,22,24,29H,2-3,10-12,15-16H2,1H3,(H,30,33)/t22-,24-/m1/s1. The van der Waals surface area contributed by atoms with Gasteiger partial charge in [-0.05, 0) is 55.5 Å². The van der Waals surface area contributed by atoms with Crippen LogP contribution in [0.15, 0.2) is 48.7 Å². The van der Waals surface area contributed by atoms with Gasteiger partial charge >= 0.3 is 6.03 Å². The van der Waals surface area contributed by atoms with Crippen molar-refractivity contribution in [2.24, 2.45) is 0 Å². The van der Waals surface area contributed by atoms with E-state index in [1.54, 1.807) is 19.4 Å². The van der Waals surface area contributed by atoms with Crippen LogP contribution < -0.4 is 10.2 Å². The van der Waals surface area contributed by atoms with Crippen molar-refractivity contribution < 1.29 is 14.3 Å². The maximum absolute atomic E-state index is 13.3. The molecule has 2 N–H and O–H groups in total. The third-order valence-corrected chi connectivity index (χ3v) is 8.21. The van der Waals surface area contributed by atoms with E-state index in [0.717, 1.165) is 48.9 Å². The van der Waals surface area contributed by atoms with Crippen molar-refractivity contribution in [3.05, 3.63) is 64.8 Å². The fourth-order valence-corrected chi connectivity index (χ4v) is 5.97. The van der Waals surface area contributed by atoms with E-state index in [-0.39, 0.29) is 29.4 Å². The van der Waals surface area contributed by atoms with Crippen molar-refractivity contribution in [1.82, 2.24) is 15.2 Å². The number of amides is 3. The molecule has 2 aliphatic heterocycles. The number of H-pyrrole nitrogens is 1. The molecule has 0 spiro atoms. The third kappa shape index (κ3) is 3.87. The molecule has 3 fully saturated rings. The van der Waals surface area contributed by atoms with E-state index >= 15 is 0 Å². The first-order valence-electron chi connectivity index (χ1n) is 12.2. The number of halogens is 1. The lowest BCUT2D eigenvalue weighted by atomic mass is 9.96. The zero-order valence-corrected chi connectivity index (χ0v) is 20.5. The molecule has 0 unspecified atom stereocenters. The molecule has 7 nitrogen and oxygen atoms in total. The summed E-state index contributed by atoms with van der Waals surface area (Å²) in [7, 11) is 1.75. The van der Waals surface area contributed by atoms with E-state index in [1.807, 2.05) is 34.1 Å². The van der Waals surface area contributed by atoms with Crippen LogP contribution in [0, 0.1) is 0 Å². The average Bonchev–Trinajstić information content (AvgIpc) is 3.45. The van der Waals surface area contributed by atoms with Gasteiger partial charge in [-0.2, -0.15) is 0 Å². The Balaban J connectivity index is 1.17. The number of nitrogens with one attached hydrogen (secondary N) is 2. The predicted octanol–water partition coefficient (Wildman–Crippen LogP) is 4.70. The molecule has 2 atom stereocenters. The molecule has 2 saturated heterocycles. The molecule has 8 heteroatoms. The van der Waals surface area contributed by atoms with Crippen LogP contribution in [0.1, 0.15) is 41.6 Å². The number of nitrogens with zero attached hydrogens (tertiary/aromatic N) is 2. The van der Waals surface area contributed by atoms with Gasteiger partial charge in [-0.3, -0.25) is 9.69 Å². The number of aromatic nitrogens is 1. The van der Waals surface area contributed by atoms with Gasteiger partial charge in [-0.1, -0.05) is 29.8 Å². The summed E-state index contributed by atoms with van der Waals surface area (Å²) in [5.41, 5.74) is 3.73. The molecule has 182 valence electrons. The van der Waals surface area contributed by atoms with Crippen LogP contribution in [0.25, 0.3) is 10.9 Å². The van der Waals surface area contributed by atoms with E-state index in [1.165, 1.54) is 5.56 Å². The van der Waals surface area contributed by atoms with Gasteiger partial charge in [0.15, 0.2) is 0 Å². The monoisotopic (exact) mass is 492 g/mol. The van der Waals surface area contributed by atoms with Gasteiger partial charge in [0, 0.05) is 47.4 Å². The van der Waals surface area contributed by atoms with Crippen molar-refractivity contribution in [3.8, 4) is 0 Å². The fraction of sp³-hybridized carbons (Fsp3) is 0.407. The molecule has 3 aliphatic rings. The summed E-state index contributed by atoms with van der Waals surface area (Å²) in [4.78, 5) is 33.2. The van der Waals surface area contributed by atoms with E-state index in [2.05, 4.69) is 22.4 Å². The average molecular weight is 493 g/mol. The van der Waals surface area contributed by atoms with Crippen LogP contribution in [0.3, 0.4) is 0 Å². The Bertz CT molecular complexity index is 1280. The van der Waals surface area contributed by atoms with E-state index in [9.17, 15) is 9.59 Å². The topological polar surface area (TPSA) is 77.7 Å². The number of ether oxygens (including phenoxy) is 1. The number of urea groups is 1. The Hall–Kier alpha value is -3.03. The Kier molecular flexibility index (Phi) is 5.49. The number of carbonyl (C=O) groups is 2. The highest BCUT2D eigenvalue weighted by atomic mass is 35.5. The maximum Gasteiger partial charge on any atom is 0.324 e. The number of hydrogen-bond donors (Lipinski definition) is 2. The van der Waals surface area contributed by atoms with Gasteiger partial charge < -0.3 is 19.9 Å². The van der Waals surface area contributed by atoms with Gasteiger partial charge in [0.2, 0.25) is 0 Å². The molecular formula is C27H29ClN4O3. The highest BCUT2D eigenvalue weighted by molar-refractivity contribution is 6.35. The van der Waals surface area contributed by atoms with Crippen LogP contribution >= 0.6 is 11.6 Å². The van der Waals surface area contributed by atoms with Crippen LogP contribution in [-0.4, -0.2) is 60.7 Å². The summed E-state index contributed by atoms with van der Waals surface area (Å²) < 4.78 is 5.42. The smallest absolute Gasteiger partial charge is 0.324 e. The second-order valence-electron chi connectivity index (χ2n) is 10.0. The zero-order chi connectivity index (χ0) is 24.2. The summed E-state index contributed by atoms with van der Waals surface area (Å²) in [6.45, 7) is 2.02. The minimum absolute atomic E-state index is 0.0159. The van der Waals surface area contributed by atoms with Crippen LogP contribution in [0.2, 0.25) is 5.02 Å². The van der Waals surface area contributed by atoms with E-state index in [0.29, 0.717) is 23.7 Å². The Morgan fingerprint density at radius 3 is 2.77 bits per heavy atom. The van der Waals surface area contributed by atoms with E-state index < -0.39 is 0 Å². The molecule has 1 saturated carbocycles. The first-order valence-corrected chi connectivity index (χ1v) is 12.6. The van der Waals surface area contributed by atoms with Crippen molar-refractivity contribution >= 4 is 40.1 Å². The Labute approximate surface area is 209 Å². The number of hydrogen-bond acceptors (Lipinski definition) is 3.